The van der Waals surface area contributed by atoms with Gasteiger partial charge in [0.05, 0.1) is 5.92 Å². The third-order valence-electron chi connectivity index (χ3n) is 4.41. The Morgan fingerprint density at radius 1 is 0.812 bits per heavy atom. The minimum absolute atomic E-state index is 0.00819. The number of ether oxygens (including phenoxy) is 6. The van der Waals surface area contributed by atoms with Crippen LogP contribution in [0, 0.1) is 5.92 Å². The van der Waals surface area contributed by atoms with Gasteiger partial charge in [0.25, 0.3) is 0 Å². The van der Waals surface area contributed by atoms with Crippen molar-refractivity contribution in [1.82, 2.24) is 0 Å². The van der Waals surface area contributed by atoms with Crippen molar-refractivity contribution in [3.05, 3.63) is 24.3 Å². The standard InChI is InChI=1S/C21H26O11/c1-11(22)27-9-17-19(29-13(3)24)18(10-28-12(2)23)32-21(20(17)30-14(4)25)31-16-7-5-15(26)6-8-16/h5-8,17-21,26H,9-10H2,1-4H3/t17-,18+,19-,20+,21+/m0/s1. The van der Waals surface area contributed by atoms with Gasteiger partial charge in [0.2, 0.25) is 6.29 Å². The van der Waals surface area contributed by atoms with Crippen LogP contribution in [-0.4, -0.2) is 66.8 Å². The molecule has 0 amide bonds. The second kappa shape index (κ2) is 11.3. The summed E-state index contributed by atoms with van der Waals surface area (Å²) in [6.07, 6.45) is -4.50. The molecule has 1 aromatic carbocycles. The summed E-state index contributed by atoms with van der Waals surface area (Å²) in [5.41, 5.74) is 0. The molecule has 0 spiro atoms. The number of rotatable bonds is 8. The third-order valence-corrected chi connectivity index (χ3v) is 4.41. The van der Waals surface area contributed by atoms with Crippen molar-refractivity contribution < 1.29 is 52.7 Å². The number of phenolic OH excluding ortho intramolecular Hbond substituents is 1. The molecule has 0 aromatic heterocycles. The molecule has 176 valence electrons. The number of benzene rings is 1. The zero-order valence-corrected chi connectivity index (χ0v) is 18.1. The lowest BCUT2D eigenvalue weighted by atomic mass is 9.89. The first-order valence-corrected chi connectivity index (χ1v) is 9.79. The van der Waals surface area contributed by atoms with E-state index in [-0.39, 0.29) is 24.7 Å². The van der Waals surface area contributed by atoms with Crippen molar-refractivity contribution in [3.8, 4) is 11.5 Å². The van der Waals surface area contributed by atoms with E-state index in [0.717, 1.165) is 0 Å². The van der Waals surface area contributed by atoms with Gasteiger partial charge in [0.1, 0.15) is 36.9 Å². The summed E-state index contributed by atoms with van der Waals surface area (Å²) in [7, 11) is 0. The summed E-state index contributed by atoms with van der Waals surface area (Å²) < 4.78 is 32.6. The maximum absolute atomic E-state index is 11.8. The fourth-order valence-corrected chi connectivity index (χ4v) is 3.17. The minimum atomic E-state index is -1.24. The highest BCUT2D eigenvalue weighted by Crippen LogP contribution is 2.33. The maximum atomic E-state index is 11.8. The lowest BCUT2D eigenvalue weighted by Crippen LogP contribution is -2.61. The first kappa shape index (κ1) is 24.9. The zero-order valence-electron chi connectivity index (χ0n) is 18.1. The molecule has 32 heavy (non-hydrogen) atoms. The van der Waals surface area contributed by atoms with E-state index in [0.29, 0.717) is 0 Å². The van der Waals surface area contributed by atoms with E-state index in [9.17, 15) is 24.3 Å². The van der Waals surface area contributed by atoms with Crippen LogP contribution in [0.2, 0.25) is 0 Å². The van der Waals surface area contributed by atoms with Crippen molar-refractivity contribution in [1.29, 1.82) is 0 Å². The van der Waals surface area contributed by atoms with Crippen LogP contribution in [0.25, 0.3) is 0 Å². The number of phenols is 1. The second-order valence-corrected chi connectivity index (χ2v) is 7.07. The van der Waals surface area contributed by atoms with Gasteiger partial charge < -0.3 is 33.5 Å². The Morgan fingerprint density at radius 3 is 1.88 bits per heavy atom. The normalized spacial score (nSPS) is 24.7. The molecular weight excluding hydrogens is 428 g/mol. The van der Waals surface area contributed by atoms with Crippen LogP contribution in [-0.2, 0) is 42.9 Å². The number of carbonyl (C=O) groups excluding carboxylic acids is 4. The fraction of sp³-hybridized carbons (Fsp3) is 0.524. The van der Waals surface area contributed by atoms with Crippen LogP contribution < -0.4 is 4.74 Å². The molecule has 1 saturated heterocycles. The van der Waals surface area contributed by atoms with E-state index in [2.05, 4.69) is 0 Å². The third kappa shape index (κ3) is 7.41. The van der Waals surface area contributed by atoms with E-state index >= 15 is 0 Å². The van der Waals surface area contributed by atoms with E-state index in [1.807, 2.05) is 0 Å². The molecule has 0 unspecified atom stereocenters. The molecule has 1 N–H and O–H groups in total. The first-order valence-electron chi connectivity index (χ1n) is 9.79. The summed E-state index contributed by atoms with van der Waals surface area (Å²) in [6, 6.07) is 5.69. The van der Waals surface area contributed by atoms with Gasteiger partial charge in [-0.05, 0) is 24.3 Å². The average molecular weight is 454 g/mol. The van der Waals surface area contributed by atoms with Gasteiger partial charge >= 0.3 is 23.9 Å². The zero-order chi connectivity index (χ0) is 23.8. The molecule has 1 aliphatic rings. The van der Waals surface area contributed by atoms with Gasteiger partial charge in [0.15, 0.2) is 6.10 Å². The number of carbonyl (C=O) groups is 4. The van der Waals surface area contributed by atoms with E-state index in [1.165, 1.54) is 52.0 Å². The van der Waals surface area contributed by atoms with Crippen molar-refractivity contribution in [2.24, 2.45) is 5.92 Å². The molecule has 1 aromatic rings. The monoisotopic (exact) mass is 454 g/mol. The molecule has 0 saturated carbocycles. The fourth-order valence-electron chi connectivity index (χ4n) is 3.17. The van der Waals surface area contributed by atoms with Gasteiger partial charge in [-0.25, -0.2) is 0 Å². The molecule has 1 fully saturated rings. The second-order valence-electron chi connectivity index (χ2n) is 7.07. The number of aromatic hydroxyl groups is 1. The molecule has 0 aliphatic carbocycles. The van der Waals surface area contributed by atoms with E-state index in [4.69, 9.17) is 28.4 Å². The molecule has 2 rings (SSSR count). The Balaban J connectivity index is 2.42. The quantitative estimate of drug-likeness (QED) is 0.445. The SMILES string of the molecule is CC(=O)OC[C@@H]1[C@@H](OC(C)=O)[C@H](Oc2ccc(O)cc2)O[C@H](COC(C)=O)[C@H]1OC(C)=O. The molecule has 0 radical (unpaired) electrons. The first-order chi connectivity index (χ1) is 15.1. The Morgan fingerprint density at radius 2 is 1.34 bits per heavy atom. The lowest BCUT2D eigenvalue weighted by molar-refractivity contribution is -0.277. The van der Waals surface area contributed by atoms with Crippen LogP contribution in [0.4, 0.5) is 0 Å². The molecule has 1 aliphatic heterocycles. The number of esters is 4. The molecule has 5 atom stereocenters. The highest BCUT2D eigenvalue weighted by Gasteiger charge is 2.51. The Bertz CT molecular complexity index is 820. The van der Waals surface area contributed by atoms with Crippen molar-refractivity contribution >= 4 is 23.9 Å². The Hall–Kier alpha value is -3.34. The smallest absolute Gasteiger partial charge is 0.303 e. The maximum Gasteiger partial charge on any atom is 0.303 e. The highest BCUT2D eigenvalue weighted by atomic mass is 16.7. The molecule has 11 nitrogen and oxygen atoms in total. The van der Waals surface area contributed by atoms with Gasteiger partial charge in [-0.2, -0.15) is 0 Å². The highest BCUT2D eigenvalue weighted by molar-refractivity contribution is 5.67. The van der Waals surface area contributed by atoms with Crippen LogP contribution in [0.3, 0.4) is 0 Å². The molecule has 1 heterocycles. The molecule has 11 heteroatoms. The summed E-state index contributed by atoms with van der Waals surface area (Å²) in [6.45, 7) is 4.15. The molecule has 0 bridgehead atoms. The number of hydrogen-bond acceptors (Lipinski definition) is 11. The van der Waals surface area contributed by atoms with Gasteiger partial charge in [-0.3, -0.25) is 19.2 Å². The van der Waals surface area contributed by atoms with Gasteiger partial charge in [-0.1, -0.05) is 0 Å². The van der Waals surface area contributed by atoms with Gasteiger partial charge in [-0.15, -0.1) is 0 Å². The van der Waals surface area contributed by atoms with Crippen LogP contribution in [0.15, 0.2) is 24.3 Å². The van der Waals surface area contributed by atoms with E-state index in [1.54, 1.807) is 0 Å². The average Bonchev–Trinajstić information content (AvgIpc) is 2.68. The Labute approximate surface area is 184 Å². The van der Waals surface area contributed by atoms with E-state index < -0.39 is 54.4 Å². The summed E-state index contributed by atoms with van der Waals surface area (Å²) in [5, 5.41) is 9.48. The summed E-state index contributed by atoms with van der Waals surface area (Å²) in [4.78, 5) is 46.4. The predicted molar refractivity (Wildman–Crippen MR) is 105 cm³/mol. The van der Waals surface area contributed by atoms with Crippen molar-refractivity contribution in [2.75, 3.05) is 13.2 Å². The summed E-state index contributed by atoms with van der Waals surface area (Å²) >= 11 is 0. The largest absolute Gasteiger partial charge is 0.508 e. The predicted octanol–water partition coefficient (Wildman–Crippen LogP) is 1.10. The topological polar surface area (TPSA) is 144 Å². The Kier molecular flexibility index (Phi) is 8.82. The van der Waals surface area contributed by atoms with Crippen LogP contribution in [0.1, 0.15) is 27.7 Å². The van der Waals surface area contributed by atoms with Crippen LogP contribution >= 0.6 is 0 Å². The lowest BCUT2D eigenvalue weighted by Gasteiger charge is -2.44. The molecular formula is C21H26O11. The van der Waals surface area contributed by atoms with Crippen molar-refractivity contribution in [3.63, 3.8) is 0 Å². The van der Waals surface area contributed by atoms with Crippen LogP contribution in [0.5, 0.6) is 11.5 Å². The summed E-state index contributed by atoms with van der Waals surface area (Å²) in [5.74, 6) is -3.16. The minimum Gasteiger partial charge on any atom is -0.508 e. The number of hydrogen-bond donors (Lipinski definition) is 1. The van der Waals surface area contributed by atoms with Crippen molar-refractivity contribution in [2.45, 2.75) is 52.3 Å². The van der Waals surface area contributed by atoms with Gasteiger partial charge in [0, 0.05) is 27.7 Å².